The van der Waals surface area contributed by atoms with Crippen LogP contribution in [0.25, 0.3) is 0 Å². The van der Waals surface area contributed by atoms with Gasteiger partial charge in [-0.05, 0) is 12.3 Å². The molecule has 2 heterocycles. The number of rotatable bonds is 2. The molecule has 1 unspecified atom stereocenters. The van der Waals surface area contributed by atoms with E-state index >= 15 is 0 Å². The van der Waals surface area contributed by atoms with E-state index in [1.165, 1.54) is 4.88 Å². The van der Waals surface area contributed by atoms with Crippen molar-refractivity contribution in [3.63, 3.8) is 0 Å². The minimum absolute atomic E-state index is 0.146. The molecule has 3 nitrogen and oxygen atoms in total. The van der Waals surface area contributed by atoms with Crippen molar-refractivity contribution in [3.05, 3.63) is 16.1 Å². The predicted octanol–water partition coefficient (Wildman–Crippen LogP) is 2.17. The van der Waals surface area contributed by atoms with Crippen LogP contribution in [0, 0.1) is 0 Å². The summed E-state index contributed by atoms with van der Waals surface area (Å²) in [6.45, 7) is 4.26. The number of hydrogen-bond acceptors (Lipinski definition) is 4. The van der Waals surface area contributed by atoms with Crippen LogP contribution in [0.5, 0.6) is 0 Å². The summed E-state index contributed by atoms with van der Waals surface area (Å²) in [4.78, 5) is 5.58. The zero-order valence-corrected chi connectivity index (χ0v) is 10.6. The van der Waals surface area contributed by atoms with Gasteiger partial charge < -0.3 is 0 Å². The molecule has 0 bridgehead atoms. The van der Waals surface area contributed by atoms with E-state index in [0.29, 0.717) is 11.7 Å². The molecule has 1 aliphatic heterocycles. The van der Waals surface area contributed by atoms with Crippen molar-refractivity contribution in [3.8, 4) is 0 Å². The summed E-state index contributed by atoms with van der Waals surface area (Å²) in [5.74, 6) is 1.24. The lowest BCUT2D eigenvalue weighted by Crippen LogP contribution is -2.03. The maximum Gasteiger partial charge on any atom is 0.151 e. The highest BCUT2D eigenvalue weighted by Crippen LogP contribution is 2.33. The van der Waals surface area contributed by atoms with Crippen LogP contribution < -0.4 is 0 Å². The summed E-state index contributed by atoms with van der Waals surface area (Å²) in [5, 5.41) is 1.000. The van der Waals surface area contributed by atoms with E-state index in [1.807, 2.05) is 6.20 Å². The maximum absolute atomic E-state index is 11.3. The van der Waals surface area contributed by atoms with Crippen LogP contribution in [0.4, 0.5) is 0 Å². The zero-order chi connectivity index (χ0) is 11.1. The molecule has 0 spiro atoms. The van der Waals surface area contributed by atoms with Crippen molar-refractivity contribution in [2.45, 2.75) is 32.1 Å². The number of thiazole rings is 1. The second-order valence-corrected chi connectivity index (χ2v) is 7.68. The Kier molecular flexibility index (Phi) is 2.85. The third kappa shape index (κ3) is 2.39. The summed E-state index contributed by atoms with van der Waals surface area (Å²) < 4.78 is 22.7. The topological polar surface area (TPSA) is 47.0 Å². The van der Waals surface area contributed by atoms with E-state index in [0.717, 1.165) is 11.4 Å². The van der Waals surface area contributed by atoms with Crippen molar-refractivity contribution in [1.82, 2.24) is 4.98 Å². The van der Waals surface area contributed by atoms with E-state index in [2.05, 4.69) is 18.8 Å². The predicted molar refractivity (Wildman–Crippen MR) is 62.2 cm³/mol. The van der Waals surface area contributed by atoms with Gasteiger partial charge in [0.1, 0.15) is 0 Å². The molecule has 0 amide bonds. The Labute approximate surface area is 94.5 Å². The molecule has 5 heteroatoms. The first-order valence-corrected chi connectivity index (χ1v) is 7.78. The summed E-state index contributed by atoms with van der Waals surface area (Å²) in [6.07, 6.45) is 2.63. The van der Waals surface area contributed by atoms with Gasteiger partial charge in [-0.2, -0.15) is 0 Å². The molecule has 84 valence electrons. The largest absolute Gasteiger partial charge is 0.249 e. The highest BCUT2D eigenvalue weighted by Gasteiger charge is 2.30. The Bertz CT molecular complexity index is 448. The molecule has 0 aliphatic carbocycles. The van der Waals surface area contributed by atoms with Crippen LogP contribution in [0.15, 0.2) is 6.20 Å². The number of nitrogens with zero attached hydrogens (tertiary/aromatic N) is 1. The summed E-state index contributed by atoms with van der Waals surface area (Å²) >= 11 is 1.66. The van der Waals surface area contributed by atoms with Crippen molar-refractivity contribution < 1.29 is 8.42 Å². The minimum Gasteiger partial charge on any atom is -0.249 e. The monoisotopic (exact) mass is 245 g/mol. The Morgan fingerprint density at radius 1 is 1.53 bits per heavy atom. The molecular weight excluding hydrogens is 230 g/mol. The standard InChI is InChI=1S/C10H15NO2S2/c1-7(2)9-5-11-10(14-9)8-3-4-15(12,13)6-8/h5,7-8H,3-4,6H2,1-2H3. The van der Waals surface area contributed by atoms with Crippen molar-refractivity contribution in [2.24, 2.45) is 0 Å². The van der Waals surface area contributed by atoms with Crippen LogP contribution in [-0.4, -0.2) is 24.9 Å². The highest BCUT2D eigenvalue weighted by molar-refractivity contribution is 7.91. The van der Waals surface area contributed by atoms with Crippen LogP contribution in [-0.2, 0) is 9.84 Å². The first kappa shape index (κ1) is 11.1. The second-order valence-electron chi connectivity index (χ2n) is 4.36. The van der Waals surface area contributed by atoms with Gasteiger partial charge in [-0.15, -0.1) is 11.3 Å². The third-order valence-electron chi connectivity index (χ3n) is 2.69. The van der Waals surface area contributed by atoms with E-state index in [4.69, 9.17) is 0 Å². The Morgan fingerprint density at radius 3 is 2.73 bits per heavy atom. The number of sulfone groups is 1. The number of hydrogen-bond donors (Lipinski definition) is 0. The van der Waals surface area contributed by atoms with Crippen LogP contribution in [0.1, 0.15) is 42.0 Å². The molecule has 0 N–H and O–H groups in total. The van der Waals surface area contributed by atoms with Gasteiger partial charge in [-0.3, -0.25) is 0 Å². The average molecular weight is 245 g/mol. The Balaban J connectivity index is 2.17. The van der Waals surface area contributed by atoms with Gasteiger partial charge >= 0.3 is 0 Å². The van der Waals surface area contributed by atoms with Gasteiger partial charge in [0.15, 0.2) is 9.84 Å². The van der Waals surface area contributed by atoms with Crippen molar-refractivity contribution in [1.29, 1.82) is 0 Å². The normalized spacial score (nSPS) is 24.9. The van der Waals surface area contributed by atoms with Crippen LogP contribution >= 0.6 is 11.3 Å². The molecule has 1 aliphatic rings. The third-order valence-corrected chi connectivity index (χ3v) is 5.92. The minimum atomic E-state index is -2.79. The fourth-order valence-electron chi connectivity index (χ4n) is 1.75. The highest BCUT2D eigenvalue weighted by atomic mass is 32.2. The molecule has 1 aromatic rings. The zero-order valence-electron chi connectivity index (χ0n) is 8.93. The quantitative estimate of drug-likeness (QED) is 0.802. The summed E-state index contributed by atoms with van der Waals surface area (Å²) in [5.41, 5.74) is 0. The fourth-order valence-corrected chi connectivity index (χ4v) is 4.66. The Hall–Kier alpha value is -0.420. The lowest BCUT2D eigenvalue weighted by Gasteiger charge is -2.01. The van der Waals surface area contributed by atoms with Crippen molar-refractivity contribution in [2.75, 3.05) is 11.5 Å². The van der Waals surface area contributed by atoms with E-state index < -0.39 is 9.84 Å². The molecule has 15 heavy (non-hydrogen) atoms. The Morgan fingerprint density at radius 2 is 2.27 bits per heavy atom. The fraction of sp³-hybridized carbons (Fsp3) is 0.700. The number of aromatic nitrogens is 1. The van der Waals surface area contributed by atoms with Crippen molar-refractivity contribution >= 4 is 21.2 Å². The first-order chi connectivity index (χ1) is 6.98. The lowest BCUT2D eigenvalue weighted by atomic mass is 10.1. The molecule has 1 saturated heterocycles. The van der Waals surface area contributed by atoms with E-state index in [9.17, 15) is 8.42 Å². The average Bonchev–Trinajstić information content (AvgIpc) is 2.70. The molecule has 0 radical (unpaired) electrons. The second kappa shape index (κ2) is 3.87. The molecule has 1 aromatic heterocycles. The van der Waals surface area contributed by atoms with Crippen LogP contribution in [0.3, 0.4) is 0 Å². The van der Waals surface area contributed by atoms with Gasteiger partial charge in [0, 0.05) is 17.0 Å². The maximum atomic E-state index is 11.3. The SMILES string of the molecule is CC(C)c1cnc(C2CCS(=O)(=O)C2)s1. The molecule has 0 saturated carbocycles. The first-order valence-electron chi connectivity index (χ1n) is 5.14. The van der Waals surface area contributed by atoms with Gasteiger partial charge in [0.2, 0.25) is 0 Å². The smallest absolute Gasteiger partial charge is 0.151 e. The molecule has 1 fully saturated rings. The van der Waals surface area contributed by atoms with Crippen LogP contribution in [0.2, 0.25) is 0 Å². The van der Waals surface area contributed by atoms with E-state index in [1.54, 1.807) is 11.3 Å². The van der Waals surface area contributed by atoms with Gasteiger partial charge in [0.05, 0.1) is 16.5 Å². The summed E-state index contributed by atoms with van der Waals surface area (Å²) in [6, 6.07) is 0. The molecule has 0 aromatic carbocycles. The van der Waals surface area contributed by atoms with Gasteiger partial charge in [-0.1, -0.05) is 13.8 Å². The molecular formula is C10H15NO2S2. The van der Waals surface area contributed by atoms with E-state index in [-0.39, 0.29) is 11.7 Å². The molecule has 1 atom stereocenters. The van der Waals surface area contributed by atoms with Gasteiger partial charge in [-0.25, -0.2) is 13.4 Å². The van der Waals surface area contributed by atoms with Gasteiger partial charge in [0.25, 0.3) is 0 Å². The summed E-state index contributed by atoms with van der Waals surface area (Å²) in [7, 11) is -2.79. The molecule has 2 rings (SSSR count). The lowest BCUT2D eigenvalue weighted by molar-refractivity contribution is 0.601.